The van der Waals surface area contributed by atoms with Gasteiger partial charge in [-0.15, -0.1) is 0 Å². The molecule has 4 rings (SSSR count). The van der Waals surface area contributed by atoms with Gasteiger partial charge in [-0.3, -0.25) is 4.79 Å². The molecule has 2 aliphatic rings. The Morgan fingerprint density at radius 3 is 2.65 bits per heavy atom. The zero-order valence-corrected chi connectivity index (χ0v) is 15.0. The van der Waals surface area contributed by atoms with Crippen LogP contribution in [0.3, 0.4) is 0 Å². The van der Waals surface area contributed by atoms with Crippen LogP contribution in [0.25, 0.3) is 6.08 Å². The average Bonchev–Trinajstić information content (AvgIpc) is 3.17. The fraction of sp³-hybridized carbons (Fsp3) is 0.318. The van der Waals surface area contributed by atoms with Gasteiger partial charge >= 0.3 is 0 Å². The first-order chi connectivity index (χ1) is 12.7. The second-order valence-corrected chi connectivity index (χ2v) is 6.84. The standard InChI is InChI=1S/C22H23NO3/c1-16-4-6-17(7-5-16)8-11-22(24)23-12-2-3-19(23)18-9-10-20-21(15-18)26-14-13-25-20/h4-11,15,19H,2-3,12-14H2,1H3. The molecule has 2 heterocycles. The minimum Gasteiger partial charge on any atom is -0.486 e. The summed E-state index contributed by atoms with van der Waals surface area (Å²) in [5, 5.41) is 0. The first-order valence-corrected chi connectivity index (χ1v) is 9.15. The van der Waals surface area contributed by atoms with Crippen molar-refractivity contribution in [3.8, 4) is 11.5 Å². The molecular formula is C22H23NO3. The molecule has 2 aromatic carbocycles. The largest absolute Gasteiger partial charge is 0.486 e. The van der Waals surface area contributed by atoms with Gasteiger partial charge in [0.25, 0.3) is 0 Å². The van der Waals surface area contributed by atoms with Gasteiger partial charge in [0, 0.05) is 12.6 Å². The lowest BCUT2D eigenvalue weighted by atomic mass is 10.0. The maximum atomic E-state index is 12.7. The molecule has 26 heavy (non-hydrogen) atoms. The number of fused-ring (bicyclic) bond motifs is 1. The molecule has 1 atom stereocenters. The fourth-order valence-corrected chi connectivity index (χ4v) is 3.59. The molecule has 0 aromatic heterocycles. The second-order valence-electron chi connectivity index (χ2n) is 6.84. The van der Waals surface area contributed by atoms with Crippen LogP contribution in [0.4, 0.5) is 0 Å². The number of hydrogen-bond donors (Lipinski definition) is 0. The van der Waals surface area contributed by atoms with E-state index in [0.29, 0.717) is 13.2 Å². The van der Waals surface area contributed by atoms with Gasteiger partial charge in [0.1, 0.15) is 13.2 Å². The SMILES string of the molecule is Cc1ccc(C=CC(=O)N2CCCC2c2ccc3c(c2)OCCO3)cc1. The van der Waals surface area contributed by atoms with Crippen LogP contribution in [-0.2, 0) is 4.79 Å². The molecule has 1 unspecified atom stereocenters. The van der Waals surface area contributed by atoms with E-state index in [-0.39, 0.29) is 11.9 Å². The number of nitrogens with zero attached hydrogens (tertiary/aromatic N) is 1. The molecule has 0 bridgehead atoms. The molecule has 0 aliphatic carbocycles. The van der Waals surface area contributed by atoms with Crippen LogP contribution in [0.15, 0.2) is 48.5 Å². The van der Waals surface area contributed by atoms with Gasteiger partial charge in [0.2, 0.25) is 5.91 Å². The van der Waals surface area contributed by atoms with Crippen LogP contribution in [0.2, 0.25) is 0 Å². The van der Waals surface area contributed by atoms with Crippen molar-refractivity contribution >= 4 is 12.0 Å². The molecule has 1 amide bonds. The molecule has 0 N–H and O–H groups in total. The van der Waals surface area contributed by atoms with Gasteiger partial charge in [-0.25, -0.2) is 0 Å². The fourth-order valence-electron chi connectivity index (χ4n) is 3.59. The molecule has 1 saturated heterocycles. The van der Waals surface area contributed by atoms with E-state index in [4.69, 9.17) is 9.47 Å². The van der Waals surface area contributed by atoms with Crippen LogP contribution < -0.4 is 9.47 Å². The van der Waals surface area contributed by atoms with E-state index in [0.717, 1.165) is 42.0 Å². The molecule has 1 fully saturated rings. The summed E-state index contributed by atoms with van der Waals surface area (Å²) in [5.41, 5.74) is 3.37. The Morgan fingerprint density at radius 1 is 1.08 bits per heavy atom. The summed E-state index contributed by atoms with van der Waals surface area (Å²) in [6.07, 6.45) is 5.56. The number of hydrogen-bond acceptors (Lipinski definition) is 3. The summed E-state index contributed by atoms with van der Waals surface area (Å²) in [7, 11) is 0. The highest BCUT2D eigenvalue weighted by atomic mass is 16.6. The van der Waals surface area contributed by atoms with E-state index >= 15 is 0 Å². The van der Waals surface area contributed by atoms with Crippen LogP contribution in [0.1, 0.15) is 35.6 Å². The van der Waals surface area contributed by atoms with E-state index < -0.39 is 0 Å². The normalized spacial score (nSPS) is 19.1. The number of likely N-dealkylation sites (tertiary alicyclic amines) is 1. The Kier molecular flexibility index (Phi) is 4.65. The molecule has 2 aromatic rings. The maximum Gasteiger partial charge on any atom is 0.247 e. The Morgan fingerprint density at radius 2 is 1.85 bits per heavy atom. The summed E-state index contributed by atoms with van der Waals surface area (Å²) in [6, 6.07) is 14.3. The molecule has 0 spiro atoms. The summed E-state index contributed by atoms with van der Waals surface area (Å²) < 4.78 is 11.3. The van der Waals surface area contributed by atoms with Crippen LogP contribution in [0.5, 0.6) is 11.5 Å². The Bertz CT molecular complexity index is 826. The second kappa shape index (κ2) is 7.24. The number of amides is 1. The quantitative estimate of drug-likeness (QED) is 0.782. The number of benzene rings is 2. The lowest BCUT2D eigenvalue weighted by Crippen LogP contribution is -2.29. The number of aryl methyl sites for hydroxylation is 1. The number of carbonyl (C=O) groups excluding carboxylic acids is 1. The third-order valence-corrected chi connectivity index (χ3v) is 4.98. The van der Waals surface area contributed by atoms with Crippen molar-refractivity contribution < 1.29 is 14.3 Å². The summed E-state index contributed by atoms with van der Waals surface area (Å²) in [6.45, 7) is 4.00. The van der Waals surface area contributed by atoms with Crippen molar-refractivity contribution in [2.24, 2.45) is 0 Å². The highest BCUT2D eigenvalue weighted by Gasteiger charge is 2.29. The minimum absolute atomic E-state index is 0.0583. The van der Waals surface area contributed by atoms with Crippen molar-refractivity contribution in [3.05, 3.63) is 65.2 Å². The molecule has 4 heteroatoms. The molecule has 2 aliphatic heterocycles. The first kappa shape index (κ1) is 16.7. The van der Waals surface area contributed by atoms with Gasteiger partial charge in [-0.2, -0.15) is 0 Å². The third-order valence-electron chi connectivity index (χ3n) is 4.98. The Labute approximate surface area is 154 Å². The Hall–Kier alpha value is -2.75. The van der Waals surface area contributed by atoms with E-state index in [2.05, 4.69) is 19.1 Å². The molecule has 134 valence electrons. The van der Waals surface area contributed by atoms with Crippen LogP contribution >= 0.6 is 0 Å². The van der Waals surface area contributed by atoms with Gasteiger partial charge in [0.15, 0.2) is 11.5 Å². The van der Waals surface area contributed by atoms with Crippen LogP contribution in [-0.4, -0.2) is 30.6 Å². The van der Waals surface area contributed by atoms with Crippen molar-refractivity contribution in [1.29, 1.82) is 0 Å². The van der Waals surface area contributed by atoms with E-state index in [1.807, 2.05) is 41.3 Å². The lowest BCUT2D eigenvalue weighted by molar-refractivity contribution is -0.126. The summed E-state index contributed by atoms with van der Waals surface area (Å²) in [4.78, 5) is 14.7. The zero-order valence-electron chi connectivity index (χ0n) is 15.0. The number of carbonyl (C=O) groups is 1. The predicted octanol–water partition coefficient (Wildman–Crippen LogP) is 4.14. The topological polar surface area (TPSA) is 38.8 Å². The zero-order chi connectivity index (χ0) is 17.9. The number of rotatable bonds is 3. The molecule has 0 radical (unpaired) electrons. The molecule has 4 nitrogen and oxygen atoms in total. The predicted molar refractivity (Wildman–Crippen MR) is 101 cm³/mol. The summed E-state index contributed by atoms with van der Waals surface area (Å²) in [5.74, 6) is 1.63. The molecule has 0 saturated carbocycles. The smallest absolute Gasteiger partial charge is 0.247 e. The number of ether oxygens (including phenoxy) is 2. The highest BCUT2D eigenvalue weighted by Crippen LogP contribution is 2.38. The monoisotopic (exact) mass is 349 g/mol. The van der Waals surface area contributed by atoms with E-state index in [9.17, 15) is 4.79 Å². The lowest BCUT2D eigenvalue weighted by Gasteiger charge is -2.26. The maximum absolute atomic E-state index is 12.7. The van der Waals surface area contributed by atoms with Crippen molar-refractivity contribution in [2.45, 2.75) is 25.8 Å². The van der Waals surface area contributed by atoms with E-state index in [1.165, 1.54) is 5.56 Å². The van der Waals surface area contributed by atoms with Crippen molar-refractivity contribution in [1.82, 2.24) is 4.90 Å². The third kappa shape index (κ3) is 3.45. The van der Waals surface area contributed by atoms with Crippen LogP contribution in [0, 0.1) is 6.92 Å². The summed E-state index contributed by atoms with van der Waals surface area (Å²) >= 11 is 0. The first-order valence-electron chi connectivity index (χ1n) is 9.15. The van der Waals surface area contributed by atoms with Crippen molar-refractivity contribution in [3.63, 3.8) is 0 Å². The van der Waals surface area contributed by atoms with Gasteiger partial charge in [-0.05, 0) is 49.1 Å². The van der Waals surface area contributed by atoms with Gasteiger partial charge < -0.3 is 14.4 Å². The Balaban J connectivity index is 1.51. The molecular weight excluding hydrogens is 326 g/mol. The van der Waals surface area contributed by atoms with E-state index in [1.54, 1.807) is 6.08 Å². The van der Waals surface area contributed by atoms with Crippen molar-refractivity contribution in [2.75, 3.05) is 19.8 Å². The van der Waals surface area contributed by atoms with Gasteiger partial charge in [-0.1, -0.05) is 35.9 Å². The minimum atomic E-state index is 0.0583. The van der Waals surface area contributed by atoms with Gasteiger partial charge in [0.05, 0.1) is 6.04 Å². The highest BCUT2D eigenvalue weighted by molar-refractivity contribution is 5.92. The average molecular weight is 349 g/mol.